The molecule has 5 nitrogen and oxygen atoms in total. The Morgan fingerprint density at radius 3 is 2.58 bits per heavy atom. The van der Waals surface area contributed by atoms with Crippen molar-refractivity contribution < 1.29 is 18.9 Å². The highest BCUT2D eigenvalue weighted by molar-refractivity contribution is 4.96. The van der Waals surface area contributed by atoms with Gasteiger partial charge >= 0.3 is 0 Å². The molecule has 0 aromatic rings. The molecule has 19 heavy (non-hydrogen) atoms. The van der Waals surface area contributed by atoms with Crippen LogP contribution in [0, 0.1) is 0 Å². The van der Waals surface area contributed by atoms with Gasteiger partial charge in [0.2, 0.25) is 0 Å². The minimum absolute atomic E-state index is 0.208. The van der Waals surface area contributed by atoms with Gasteiger partial charge in [-0.25, -0.2) is 0 Å². The van der Waals surface area contributed by atoms with Gasteiger partial charge in [-0.3, -0.25) is 0 Å². The van der Waals surface area contributed by atoms with Gasteiger partial charge in [0, 0.05) is 33.0 Å². The predicted octanol–water partition coefficient (Wildman–Crippen LogP) is 1.21. The number of likely N-dealkylation sites (N-methyl/N-ethyl adjacent to an activating group) is 1. The summed E-state index contributed by atoms with van der Waals surface area (Å²) in [6.45, 7) is 5.71. The van der Waals surface area contributed by atoms with E-state index in [0.29, 0.717) is 19.3 Å². The summed E-state index contributed by atoms with van der Waals surface area (Å²) in [5.41, 5.74) is 0. The minimum Gasteiger partial charge on any atom is -0.382 e. The lowest BCUT2D eigenvalue weighted by Crippen LogP contribution is -2.59. The molecule has 0 amide bonds. The first-order chi connectivity index (χ1) is 9.33. The van der Waals surface area contributed by atoms with E-state index in [9.17, 15) is 0 Å². The van der Waals surface area contributed by atoms with Gasteiger partial charge in [0.05, 0.1) is 25.4 Å². The van der Waals surface area contributed by atoms with Gasteiger partial charge in [-0.2, -0.15) is 0 Å². The number of methoxy groups -OCH3 is 1. The maximum absolute atomic E-state index is 5.85. The number of hydrogen-bond donors (Lipinski definition) is 1. The van der Waals surface area contributed by atoms with Crippen molar-refractivity contribution in [1.29, 1.82) is 0 Å². The van der Waals surface area contributed by atoms with Crippen molar-refractivity contribution in [3.8, 4) is 0 Å². The van der Waals surface area contributed by atoms with Gasteiger partial charge in [-0.15, -0.1) is 0 Å². The molecule has 0 aromatic heterocycles. The Hall–Kier alpha value is -0.200. The lowest BCUT2D eigenvalue weighted by atomic mass is 9.85. The van der Waals surface area contributed by atoms with Crippen LogP contribution in [0.2, 0.25) is 0 Å². The van der Waals surface area contributed by atoms with E-state index in [1.807, 2.05) is 7.05 Å². The van der Waals surface area contributed by atoms with E-state index in [-0.39, 0.29) is 12.2 Å². The summed E-state index contributed by atoms with van der Waals surface area (Å²) in [5.74, 6) is 0. The molecule has 1 N–H and O–H groups in total. The lowest BCUT2D eigenvalue weighted by molar-refractivity contribution is -0.147. The summed E-state index contributed by atoms with van der Waals surface area (Å²) in [6.07, 6.45) is 3.45. The molecule has 0 aromatic carbocycles. The van der Waals surface area contributed by atoms with Crippen molar-refractivity contribution in [2.45, 2.75) is 44.4 Å². The third-order valence-electron chi connectivity index (χ3n) is 3.33. The average molecular weight is 275 g/mol. The molecule has 0 radical (unpaired) electrons. The molecule has 1 rings (SSSR count). The number of ether oxygens (including phenoxy) is 4. The van der Waals surface area contributed by atoms with Gasteiger partial charge in [-0.05, 0) is 26.3 Å². The summed E-state index contributed by atoms with van der Waals surface area (Å²) in [4.78, 5) is 0. The average Bonchev–Trinajstić information content (AvgIpc) is 2.40. The number of nitrogens with one attached hydrogen (secondary N) is 1. The Morgan fingerprint density at radius 1 is 1.05 bits per heavy atom. The van der Waals surface area contributed by atoms with Crippen molar-refractivity contribution >= 4 is 0 Å². The van der Waals surface area contributed by atoms with Crippen molar-refractivity contribution in [1.82, 2.24) is 5.32 Å². The minimum atomic E-state index is 0.208. The predicted molar refractivity (Wildman–Crippen MR) is 74.5 cm³/mol. The Morgan fingerprint density at radius 2 is 1.89 bits per heavy atom. The highest BCUT2D eigenvalue weighted by Gasteiger charge is 2.41. The second-order valence-corrected chi connectivity index (χ2v) is 4.83. The van der Waals surface area contributed by atoms with Crippen LogP contribution < -0.4 is 5.32 Å². The highest BCUT2D eigenvalue weighted by atomic mass is 16.5. The van der Waals surface area contributed by atoms with E-state index in [2.05, 4.69) is 12.2 Å². The normalized spacial score (nSPS) is 26.4. The van der Waals surface area contributed by atoms with E-state index in [0.717, 1.165) is 39.1 Å². The maximum Gasteiger partial charge on any atom is 0.0990 e. The van der Waals surface area contributed by atoms with E-state index in [4.69, 9.17) is 18.9 Å². The van der Waals surface area contributed by atoms with Crippen LogP contribution >= 0.6 is 0 Å². The third-order valence-corrected chi connectivity index (χ3v) is 3.33. The molecule has 114 valence electrons. The van der Waals surface area contributed by atoms with Crippen LogP contribution in [0.25, 0.3) is 0 Å². The zero-order valence-corrected chi connectivity index (χ0v) is 12.5. The smallest absolute Gasteiger partial charge is 0.0990 e. The molecule has 3 atom stereocenters. The van der Waals surface area contributed by atoms with Gasteiger partial charge in [0.1, 0.15) is 0 Å². The van der Waals surface area contributed by atoms with E-state index >= 15 is 0 Å². The van der Waals surface area contributed by atoms with Crippen LogP contribution in [0.5, 0.6) is 0 Å². The van der Waals surface area contributed by atoms with Crippen LogP contribution in [0.1, 0.15) is 26.2 Å². The lowest BCUT2D eigenvalue weighted by Gasteiger charge is -2.43. The molecule has 0 saturated heterocycles. The summed E-state index contributed by atoms with van der Waals surface area (Å²) in [7, 11) is 3.66. The van der Waals surface area contributed by atoms with Gasteiger partial charge < -0.3 is 24.3 Å². The van der Waals surface area contributed by atoms with Gasteiger partial charge in [0.25, 0.3) is 0 Å². The van der Waals surface area contributed by atoms with Crippen molar-refractivity contribution in [3.63, 3.8) is 0 Å². The maximum atomic E-state index is 5.85. The topological polar surface area (TPSA) is 49.0 Å². The zero-order valence-electron chi connectivity index (χ0n) is 12.5. The Labute approximate surface area is 116 Å². The first kappa shape index (κ1) is 16.9. The van der Waals surface area contributed by atoms with Crippen molar-refractivity contribution in [2.24, 2.45) is 0 Å². The standard InChI is InChI=1S/C14H29NO4/c1-4-6-19-14-12(15-2)11-13(14)18-8-5-7-17-10-9-16-3/h12-15H,4-11H2,1-3H3. The quantitative estimate of drug-likeness (QED) is 0.543. The van der Waals surface area contributed by atoms with Crippen LogP contribution in [-0.2, 0) is 18.9 Å². The molecule has 1 fully saturated rings. The van der Waals surface area contributed by atoms with Crippen LogP contribution in [0.15, 0.2) is 0 Å². The van der Waals surface area contributed by atoms with Crippen molar-refractivity contribution in [3.05, 3.63) is 0 Å². The van der Waals surface area contributed by atoms with E-state index < -0.39 is 0 Å². The first-order valence-electron chi connectivity index (χ1n) is 7.30. The molecule has 1 aliphatic carbocycles. The number of hydrogen-bond acceptors (Lipinski definition) is 5. The van der Waals surface area contributed by atoms with Crippen molar-refractivity contribution in [2.75, 3.05) is 47.2 Å². The molecule has 1 aliphatic rings. The Balaban J connectivity index is 2.02. The van der Waals surface area contributed by atoms with Crippen LogP contribution in [0.4, 0.5) is 0 Å². The molecule has 0 bridgehead atoms. The molecule has 5 heteroatoms. The molecule has 3 unspecified atom stereocenters. The largest absolute Gasteiger partial charge is 0.382 e. The van der Waals surface area contributed by atoms with E-state index in [1.54, 1.807) is 7.11 Å². The highest BCUT2D eigenvalue weighted by Crippen LogP contribution is 2.27. The fraction of sp³-hybridized carbons (Fsp3) is 1.00. The zero-order chi connectivity index (χ0) is 13.9. The SMILES string of the molecule is CCCOC1C(NC)CC1OCCCOCCOC. The first-order valence-corrected chi connectivity index (χ1v) is 7.30. The summed E-state index contributed by atoms with van der Waals surface area (Å²) >= 11 is 0. The summed E-state index contributed by atoms with van der Waals surface area (Å²) in [6, 6.07) is 0.439. The fourth-order valence-corrected chi connectivity index (χ4v) is 2.14. The molecule has 0 heterocycles. The molecular weight excluding hydrogens is 246 g/mol. The van der Waals surface area contributed by atoms with Crippen LogP contribution in [-0.4, -0.2) is 65.4 Å². The summed E-state index contributed by atoms with van der Waals surface area (Å²) in [5, 5.41) is 3.27. The second kappa shape index (κ2) is 10.6. The second-order valence-electron chi connectivity index (χ2n) is 4.83. The molecule has 0 aliphatic heterocycles. The number of rotatable bonds is 12. The molecule has 1 saturated carbocycles. The molecule has 0 spiro atoms. The fourth-order valence-electron chi connectivity index (χ4n) is 2.14. The monoisotopic (exact) mass is 275 g/mol. The molecular formula is C14H29NO4. The summed E-state index contributed by atoms with van der Waals surface area (Å²) < 4.78 is 22.0. The van der Waals surface area contributed by atoms with E-state index in [1.165, 1.54) is 0 Å². The van der Waals surface area contributed by atoms with Gasteiger partial charge in [-0.1, -0.05) is 6.92 Å². The Kier molecular flexibility index (Phi) is 9.38. The van der Waals surface area contributed by atoms with Crippen LogP contribution in [0.3, 0.4) is 0 Å². The third kappa shape index (κ3) is 6.19. The van der Waals surface area contributed by atoms with Gasteiger partial charge in [0.15, 0.2) is 0 Å². The Bertz CT molecular complexity index is 216.